The van der Waals surface area contributed by atoms with Crippen LogP contribution < -0.4 is 16.0 Å². The molecule has 0 fully saturated rings. The summed E-state index contributed by atoms with van der Waals surface area (Å²) in [4.78, 5) is 39.5. The number of halogens is 2. The fraction of sp³-hybridized carbons (Fsp3) is 0.0645. The topological polar surface area (TPSA) is 87.3 Å². The Hall–Kier alpha value is -3.85. The Balaban J connectivity index is 1.43. The van der Waals surface area contributed by atoms with Gasteiger partial charge in [0, 0.05) is 25.6 Å². The van der Waals surface area contributed by atoms with Crippen molar-refractivity contribution in [2.45, 2.75) is 17.1 Å². The molecule has 0 heterocycles. The standard InChI is InChI=1S/C31H25BrClN3O3S/c1-20(29(37)35-27-10-6-5-9-26(27)32)40-25-17-15-24(16-18-25)34-31(39)28(19-21-11-13-23(33)14-12-21)36-30(38)22-7-3-2-4-8-22/h2-20H,1H3,(H,34,39)(H,35,37)(H,36,38)/b28-19-. The predicted molar refractivity (Wildman–Crippen MR) is 166 cm³/mol. The molecule has 0 saturated carbocycles. The van der Waals surface area contributed by atoms with Crippen molar-refractivity contribution in [1.82, 2.24) is 5.32 Å². The van der Waals surface area contributed by atoms with Crippen molar-refractivity contribution in [1.29, 1.82) is 0 Å². The molecule has 1 atom stereocenters. The maximum absolute atomic E-state index is 13.2. The summed E-state index contributed by atoms with van der Waals surface area (Å²) in [5.41, 5.74) is 2.45. The minimum absolute atomic E-state index is 0.0759. The molecule has 4 aromatic rings. The Morgan fingerprint density at radius 1 is 0.825 bits per heavy atom. The van der Waals surface area contributed by atoms with E-state index < -0.39 is 11.8 Å². The van der Waals surface area contributed by atoms with Gasteiger partial charge < -0.3 is 16.0 Å². The number of para-hydroxylation sites is 1. The van der Waals surface area contributed by atoms with Gasteiger partial charge >= 0.3 is 0 Å². The molecule has 6 nitrogen and oxygen atoms in total. The normalized spacial score (nSPS) is 11.8. The maximum atomic E-state index is 13.2. The molecule has 0 aliphatic heterocycles. The van der Waals surface area contributed by atoms with E-state index in [2.05, 4.69) is 31.9 Å². The van der Waals surface area contributed by atoms with Gasteiger partial charge in [-0.25, -0.2) is 0 Å². The Morgan fingerprint density at radius 3 is 2.15 bits per heavy atom. The molecule has 9 heteroatoms. The van der Waals surface area contributed by atoms with E-state index in [-0.39, 0.29) is 16.9 Å². The number of benzene rings is 4. The monoisotopic (exact) mass is 633 g/mol. The molecule has 3 amide bonds. The first kappa shape index (κ1) is 29.1. The van der Waals surface area contributed by atoms with Gasteiger partial charge in [0.05, 0.1) is 10.9 Å². The Labute approximate surface area is 250 Å². The van der Waals surface area contributed by atoms with Crippen molar-refractivity contribution in [3.05, 3.63) is 129 Å². The Bertz CT molecular complexity index is 1530. The number of nitrogens with one attached hydrogen (secondary N) is 3. The van der Waals surface area contributed by atoms with Crippen molar-refractivity contribution < 1.29 is 14.4 Å². The van der Waals surface area contributed by atoms with Crippen molar-refractivity contribution in [2.75, 3.05) is 10.6 Å². The van der Waals surface area contributed by atoms with Crippen LogP contribution in [-0.2, 0) is 9.59 Å². The first-order chi connectivity index (χ1) is 19.3. The molecule has 3 N–H and O–H groups in total. The number of rotatable bonds is 9. The number of carbonyl (C=O) groups excluding carboxylic acids is 3. The zero-order valence-corrected chi connectivity index (χ0v) is 24.5. The molecule has 0 aliphatic rings. The van der Waals surface area contributed by atoms with E-state index >= 15 is 0 Å². The van der Waals surface area contributed by atoms with E-state index in [9.17, 15) is 14.4 Å². The highest BCUT2D eigenvalue weighted by Crippen LogP contribution is 2.27. The van der Waals surface area contributed by atoms with E-state index in [0.717, 1.165) is 9.37 Å². The van der Waals surface area contributed by atoms with E-state index in [0.29, 0.717) is 27.5 Å². The molecule has 0 bridgehead atoms. The summed E-state index contributed by atoms with van der Waals surface area (Å²) in [5.74, 6) is -1.02. The van der Waals surface area contributed by atoms with Crippen molar-refractivity contribution in [3.63, 3.8) is 0 Å². The summed E-state index contributed by atoms with van der Waals surface area (Å²) in [5, 5.41) is 8.68. The molecule has 0 radical (unpaired) electrons. The lowest BCUT2D eigenvalue weighted by atomic mass is 10.1. The van der Waals surface area contributed by atoms with Gasteiger partial charge in [-0.15, -0.1) is 11.8 Å². The lowest BCUT2D eigenvalue weighted by Gasteiger charge is -2.14. The van der Waals surface area contributed by atoms with Gasteiger partial charge in [0.2, 0.25) is 5.91 Å². The number of thioether (sulfide) groups is 1. The van der Waals surface area contributed by atoms with Crippen LogP contribution in [0.3, 0.4) is 0 Å². The van der Waals surface area contributed by atoms with E-state index in [1.807, 2.05) is 49.4 Å². The van der Waals surface area contributed by atoms with Crippen LogP contribution in [0, 0.1) is 0 Å². The van der Waals surface area contributed by atoms with Crippen LogP contribution in [-0.4, -0.2) is 23.0 Å². The van der Waals surface area contributed by atoms with Crippen LogP contribution in [0.1, 0.15) is 22.8 Å². The predicted octanol–water partition coefficient (Wildman–Crippen LogP) is 7.63. The molecule has 4 aromatic carbocycles. The second-order valence-corrected chi connectivity index (χ2v) is 11.3. The van der Waals surface area contributed by atoms with Crippen LogP contribution in [0.5, 0.6) is 0 Å². The van der Waals surface area contributed by atoms with Crippen molar-refractivity contribution >= 4 is 74.5 Å². The lowest BCUT2D eigenvalue weighted by molar-refractivity contribution is -0.115. The summed E-state index contributed by atoms with van der Waals surface area (Å²) < 4.78 is 0.810. The summed E-state index contributed by atoms with van der Waals surface area (Å²) >= 11 is 10.8. The van der Waals surface area contributed by atoms with Crippen LogP contribution in [0.15, 0.2) is 118 Å². The molecule has 1 unspecified atom stereocenters. The SMILES string of the molecule is CC(Sc1ccc(NC(=O)/C(=C/c2ccc(Cl)cc2)NC(=O)c2ccccc2)cc1)C(=O)Nc1ccccc1Br. The third-order valence-electron chi connectivity index (χ3n) is 5.64. The van der Waals surface area contributed by atoms with Gasteiger partial charge in [-0.05, 0) is 95.2 Å². The zero-order valence-electron chi connectivity index (χ0n) is 21.4. The van der Waals surface area contributed by atoms with Gasteiger partial charge in [-0.1, -0.05) is 54.1 Å². The third-order valence-corrected chi connectivity index (χ3v) is 7.69. The molecule has 202 valence electrons. The zero-order chi connectivity index (χ0) is 28.5. The summed E-state index contributed by atoms with van der Waals surface area (Å²) in [7, 11) is 0. The number of anilines is 2. The number of carbonyl (C=O) groups is 3. The van der Waals surface area contributed by atoms with Gasteiger partial charge in [-0.3, -0.25) is 14.4 Å². The van der Waals surface area contributed by atoms with E-state index in [1.165, 1.54) is 11.8 Å². The van der Waals surface area contributed by atoms with E-state index in [4.69, 9.17) is 11.6 Å². The summed E-state index contributed by atoms with van der Waals surface area (Å²) in [6, 6.07) is 30.2. The molecule has 0 spiro atoms. The fourth-order valence-corrected chi connectivity index (χ4v) is 4.92. The average Bonchev–Trinajstić information content (AvgIpc) is 2.96. The van der Waals surface area contributed by atoms with Gasteiger partial charge in [0.25, 0.3) is 11.8 Å². The van der Waals surface area contributed by atoms with Gasteiger partial charge in [0.1, 0.15) is 5.70 Å². The largest absolute Gasteiger partial charge is 0.324 e. The molecule has 0 aromatic heterocycles. The first-order valence-corrected chi connectivity index (χ1v) is 14.3. The molecule has 40 heavy (non-hydrogen) atoms. The van der Waals surface area contributed by atoms with E-state index in [1.54, 1.807) is 66.7 Å². The smallest absolute Gasteiger partial charge is 0.272 e. The van der Waals surface area contributed by atoms with Crippen LogP contribution >= 0.6 is 39.3 Å². The van der Waals surface area contributed by atoms with Crippen LogP contribution in [0.4, 0.5) is 11.4 Å². The average molecular weight is 635 g/mol. The summed E-state index contributed by atoms with van der Waals surface area (Å²) in [6.07, 6.45) is 1.59. The highest BCUT2D eigenvalue weighted by Gasteiger charge is 2.17. The molecular weight excluding hydrogens is 610 g/mol. The molecular formula is C31H25BrClN3O3S. The number of hydrogen-bond donors (Lipinski definition) is 3. The van der Waals surface area contributed by atoms with Gasteiger partial charge in [0.15, 0.2) is 0 Å². The highest BCUT2D eigenvalue weighted by atomic mass is 79.9. The number of amides is 3. The van der Waals surface area contributed by atoms with Gasteiger partial charge in [-0.2, -0.15) is 0 Å². The molecule has 4 rings (SSSR count). The van der Waals surface area contributed by atoms with Crippen molar-refractivity contribution in [2.24, 2.45) is 0 Å². The second-order valence-electron chi connectivity index (χ2n) is 8.64. The Morgan fingerprint density at radius 2 is 1.48 bits per heavy atom. The van der Waals surface area contributed by atoms with Crippen LogP contribution in [0.2, 0.25) is 5.02 Å². The minimum atomic E-state index is -0.485. The number of hydrogen-bond acceptors (Lipinski definition) is 4. The first-order valence-electron chi connectivity index (χ1n) is 12.3. The quantitative estimate of drug-likeness (QED) is 0.131. The minimum Gasteiger partial charge on any atom is -0.324 e. The van der Waals surface area contributed by atoms with Crippen LogP contribution in [0.25, 0.3) is 6.08 Å². The molecule has 0 aliphatic carbocycles. The fourth-order valence-electron chi connectivity index (χ4n) is 3.54. The second kappa shape index (κ2) is 14.0. The van der Waals surface area contributed by atoms with Crippen molar-refractivity contribution in [3.8, 4) is 0 Å². The lowest BCUT2D eigenvalue weighted by Crippen LogP contribution is -2.30. The Kier molecular flexibility index (Phi) is 10.2. The highest BCUT2D eigenvalue weighted by molar-refractivity contribution is 9.10. The summed E-state index contributed by atoms with van der Waals surface area (Å²) in [6.45, 7) is 1.83. The third kappa shape index (κ3) is 8.32. The maximum Gasteiger partial charge on any atom is 0.272 e. The molecule has 0 saturated heterocycles.